The number of hydrogen-bond donors (Lipinski definition) is 2. The molecule has 8 heteroatoms. The first kappa shape index (κ1) is 21.4. The molecule has 0 radical (unpaired) electrons. The first-order chi connectivity index (χ1) is 14.4. The molecule has 0 spiro atoms. The Kier molecular flexibility index (Phi) is 6.79. The van der Waals surface area contributed by atoms with Gasteiger partial charge in [0.25, 0.3) is 5.91 Å². The van der Waals surface area contributed by atoms with Crippen molar-refractivity contribution >= 4 is 40.6 Å². The van der Waals surface area contributed by atoms with Crippen LogP contribution in [0.5, 0.6) is 11.5 Å². The summed E-state index contributed by atoms with van der Waals surface area (Å²) in [5, 5.41) is 12.4. The molecule has 1 aliphatic rings. The number of nitrogens with zero attached hydrogens (tertiary/aromatic N) is 1. The lowest BCUT2D eigenvalue weighted by Crippen LogP contribution is -2.26. The third-order valence-electron chi connectivity index (χ3n) is 4.32. The van der Waals surface area contributed by atoms with Crippen LogP contribution in [-0.4, -0.2) is 35.4 Å². The third-order valence-corrected chi connectivity index (χ3v) is 5.23. The van der Waals surface area contributed by atoms with E-state index < -0.39 is 12.1 Å². The zero-order chi connectivity index (χ0) is 21.7. The van der Waals surface area contributed by atoms with E-state index in [1.807, 2.05) is 31.2 Å². The van der Waals surface area contributed by atoms with Crippen LogP contribution in [0.25, 0.3) is 6.08 Å². The molecular formula is C22H22N2O5S. The number of carboxylic acids is 1. The van der Waals surface area contributed by atoms with Crippen molar-refractivity contribution in [1.29, 1.82) is 0 Å². The number of aliphatic carboxylic acids is 1. The molecule has 2 N–H and O–H groups in total. The lowest BCUT2D eigenvalue weighted by Gasteiger charge is -2.16. The minimum absolute atomic E-state index is 0.234. The van der Waals surface area contributed by atoms with Crippen molar-refractivity contribution in [1.82, 2.24) is 5.32 Å². The fourth-order valence-electron chi connectivity index (χ4n) is 2.70. The largest absolute Gasteiger partial charge is 0.493 e. The predicted molar refractivity (Wildman–Crippen MR) is 117 cm³/mol. The van der Waals surface area contributed by atoms with Crippen molar-refractivity contribution in [2.24, 2.45) is 4.99 Å². The molecule has 7 nitrogen and oxygen atoms in total. The molecule has 2 aromatic rings. The lowest BCUT2D eigenvalue weighted by molar-refractivity contribution is -0.145. The van der Waals surface area contributed by atoms with Gasteiger partial charge in [0.15, 0.2) is 22.8 Å². The number of carbonyl (C=O) groups is 2. The van der Waals surface area contributed by atoms with Gasteiger partial charge in [0.1, 0.15) is 0 Å². The Labute approximate surface area is 178 Å². The van der Waals surface area contributed by atoms with Crippen molar-refractivity contribution < 1.29 is 24.2 Å². The minimum atomic E-state index is -1.04. The molecule has 0 aliphatic carbocycles. The number of amides is 1. The van der Waals surface area contributed by atoms with Crippen molar-refractivity contribution in [3.63, 3.8) is 0 Å². The maximum Gasteiger partial charge on any atom is 0.344 e. The number of amidine groups is 1. The molecule has 1 atom stereocenters. The van der Waals surface area contributed by atoms with Crippen LogP contribution < -0.4 is 14.8 Å². The second-order valence-electron chi connectivity index (χ2n) is 6.58. The molecule has 0 saturated carbocycles. The van der Waals surface area contributed by atoms with Gasteiger partial charge in [0.05, 0.1) is 17.7 Å². The smallest absolute Gasteiger partial charge is 0.344 e. The zero-order valence-electron chi connectivity index (χ0n) is 16.8. The van der Waals surface area contributed by atoms with Crippen LogP contribution in [0.4, 0.5) is 5.69 Å². The highest BCUT2D eigenvalue weighted by atomic mass is 32.2. The normalized spacial score (nSPS) is 17.1. The summed E-state index contributed by atoms with van der Waals surface area (Å²) in [7, 11) is 1.48. The Hall–Kier alpha value is -3.26. The topological polar surface area (TPSA) is 97.2 Å². The van der Waals surface area contributed by atoms with Gasteiger partial charge in [-0.15, -0.1) is 0 Å². The molecule has 1 fully saturated rings. The minimum Gasteiger partial charge on any atom is -0.493 e. The summed E-state index contributed by atoms with van der Waals surface area (Å²) < 4.78 is 10.9. The maximum absolute atomic E-state index is 12.3. The number of aliphatic imine (C=N–C) groups is 1. The summed E-state index contributed by atoms with van der Waals surface area (Å²) in [6.45, 7) is 3.73. The second kappa shape index (κ2) is 9.49. The van der Waals surface area contributed by atoms with Gasteiger partial charge in [-0.2, -0.15) is 0 Å². The van der Waals surface area contributed by atoms with Crippen LogP contribution in [0.2, 0.25) is 0 Å². The fraction of sp³-hybridized carbons (Fsp3) is 0.227. The van der Waals surface area contributed by atoms with Gasteiger partial charge in [-0.25, -0.2) is 9.79 Å². The van der Waals surface area contributed by atoms with Gasteiger partial charge in [0, 0.05) is 0 Å². The Morgan fingerprint density at radius 2 is 1.97 bits per heavy atom. The molecule has 156 valence electrons. The number of rotatable bonds is 7. The number of carbonyl (C=O) groups excluding carboxylic acids is 1. The molecule has 3 rings (SSSR count). The van der Waals surface area contributed by atoms with Gasteiger partial charge >= 0.3 is 5.97 Å². The van der Waals surface area contributed by atoms with Gasteiger partial charge in [-0.05, 0) is 61.0 Å². The summed E-state index contributed by atoms with van der Waals surface area (Å²) >= 11 is 1.25. The molecule has 2 aromatic carbocycles. The number of hydrogen-bond acceptors (Lipinski definition) is 6. The Balaban J connectivity index is 1.79. The van der Waals surface area contributed by atoms with Crippen LogP contribution in [0, 0.1) is 6.92 Å². The van der Waals surface area contributed by atoms with E-state index >= 15 is 0 Å². The molecule has 30 heavy (non-hydrogen) atoms. The number of methoxy groups -OCH3 is 1. The first-order valence-corrected chi connectivity index (χ1v) is 10.1. The average Bonchev–Trinajstić information content (AvgIpc) is 3.06. The molecule has 1 amide bonds. The SMILES string of the molecule is CCC(Oc1ccc(/C=C2/SC(=Nc3ccc(C)cc3)NC2=O)cc1OC)C(=O)O. The van der Waals surface area contributed by atoms with E-state index in [4.69, 9.17) is 9.47 Å². The van der Waals surface area contributed by atoms with E-state index in [1.54, 1.807) is 31.2 Å². The number of aryl methyl sites for hydroxylation is 1. The van der Waals surface area contributed by atoms with Crippen LogP contribution in [-0.2, 0) is 9.59 Å². The summed E-state index contributed by atoms with van der Waals surface area (Å²) in [6.07, 6.45) is 1.09. The monoisotopic (exact) mass is 426 g/mol. The van der Waals surface area contributed by atoms with Gasteiger partial charge in [-0.3, -0.25) is 4.79 Å². The van der Waals surface area contributed by atoms with Crippen LogP contribution in [0.15, 0.2) is 52.4 Å². The summed E-state index contributed by atoms with van der Waals surface area (Å²) in [5.74, 6) is -0.549. The van der Waals surface area contributed by atoms with E-state index in [-0.39, 0.29) is 5.91 Å². The summed E-state index contributed by atoms with van der Waals surface area (Å²) in [5.41, 5.74) is 2.62. The second-order valence-corrected chi connectivity index (χ2v) is 7.61. The number of carboxylic acid groups (broad SMARTS) is 1. The maximum atomic E-state index is 12.3. The van der Waals surface area contributed by atoms with E-state index in [9.17, 15) is 14.7 Å². The number of thioether (sulfide) groups is 1. The van der Waals surface area contributed by atoms with Crippen LogP contribution in [0.1, 0.15) is 24.5 Å². The Bertz CT molecular complexity index is 1010. The molecule has 1 heterocycles. The quantitative estimate of drug-likeness (QED) is 0.646. The van der Waals surface area contributed by atoms with Crippen molar-refractivity contribution in [2.75, 3.05) is 7.11 Å². The van der Waals surface area contributed by atoms with Crippen molar-refractivity contribution in [2.45, 2.75) is 26.4 Å². The third kappa shape index (κ3) is 5.21. The zero-order valence-corrected chi connectivity index (χ0v) is 17.7. The van der Waals surface area contributed by atoms with Gasteiger partial charge in [0.2, 0.25) is 0 Å². The van der Waals surface area contributed by atoms with E-state index in [0.717, 1.165) is 16.8 Å². The molecule has 0 aromatic heterocycles. The van der Waals surface area contributed by atoms with Gasteiger partial charge < -0.3 is 19.9 Å². The van der Waals surface area contributed by atoms with Gasteiger partial charge in [-0.1, -0.05) is 30.7 Å². The first-order valence-electron chi connectivity index (χ1n) is 9.33. The molecule has 1 unspecified atom stereocenters. The Morgan fingerprint density at radius 1 is 1.23 bits per heavy atom. The van der Waals surface area contributed by atoms with Crippen LogP contribution in [0.3, 0.4) is 0 Å². The highest BCUT2D eigenvalue weighted by Gasteiger charge is 2.24. The van der Waals surface area contributed by atoms with Crippen molar-refractivity contribution in [3.05, 3.63) is 58.5 Å². The van der Waals surface area contributed by atoms with E-state index in [1.165, 1.54) is 18.9 Å². The summed E-state index contributed by atoms with van der Waals surface area (Å²) in [4.78, 5) is 28.5. The number of ether oxygens (including phenoxy) is 2. The Morgan fingerprint density at radius 3 is 2.60 bits per heavy atom. The fourth-order valence-corrected chi connectivity index (χ4v) is 3.54. The number of benzene rings is 2. The van der Waals surface area contributed by atoms with Crippen molar-refractivity contribution in [3.8, 4) is 11.5 Å². The lowest BCUT2D eigenvalue weighted by atomic mass is 10.1. The highest BCUT2D eigenvalue weighted by Crippen LogP contribution is 2.33. The van der Waals surface area contributed by atoms with E-state index in [0.29, 0.717) is 28.0 Å². The molecule has 1 aliphatic heterocycles. The predicted octanol–water partition coefficient (Wildman–Crippen LogP) is 4.14. The highest BCUT2D eigenvalue weighted by molar-refractivity contribution is 8.18. The molecule has 0 bridgehead atoms. The average molecular weight is 426 g/mol. The number of nitrogens with one attached hydrogen (secondary N) is 1. The molecule has 1 saturated heterocycles. The van der Waals surface area contributed by atoms with E-state index in [2.05, 4.69) is 10.3 Å². The van der Waals surface area contributed by atoms with Crippen LogP contribution >= 0.6 is 11.8 Å². The summed E-state index contributed by atoms with van der Waals surface area (Å²) in [6, 6.07) is 12.8. The molecular weight excluding hydrogens is 404 g/mol. The standard InChI is InChI=1S/C22H22N2O5S/c1-4-16(21(26)27)29-17-10-7-14(11-18(17)28-3)12-19-20(25)24-22(30-19)23-15-8-5-13(2)6-9-15/h5-12,16H,4H2,1-3H3,(H,26,27)(H,23,24,25)/b19-12+.